The summed E-state index contributed by atoms with van der Waals surface area (Å²) in [6.07, 6.45) is 2.29. The molecule has 166 valence electrons. The Balaban J connectivity index is 1.49. The molecular formula is C24H21Cl3FN3O. The Kier molecular flexibility index (Phi) is 6.89. The van der Waals surface area contributed by atoms with Crippen LogP contribution in [0.3, 0.4) is 0 Å². The first kappa shape index (κ1) is 22.8. The van der Waals surface area contributed by atoms with Crippen LogP contribution in [0.4, 0.5) is 10.1 Å². The molecule has 1 atom stereocenters. The molecule has 0 aliphatic carbocycles. The number of nitrogens with one attached hydrogen (secondary N) is 1. The number of halogens is 4. The lowest BCUT2D eigenvalue weighted by molar-refractivity contribution is 0.0950. The molecule has 1 aromatic heterocycles. The quantitative estimate of drug-likeness (QED) is 0.453. The second-order valence-corrected chi connectivity index (χ2v) is 9.19. The van der Waals surface area contributed by atoms with Crippen molar-refractivity contribution in [1.29, 1.82) is 0 Å². The molecular weight excluding hydrogens is 472 g/mol. The fraction of sp³-hybridized carbons (Fsp3) is 0.250. The smallest absolute Gasteiger partial charge is 0.253 e. The van der Waals surface area contributed by atoms with E-state index < -0.39 is 12.1 Å². The monoisotopic (exact) mass is 491 g/mol. The number of carbonyl (C=O) groups excluding carboxylic acids is 1. The standard InChI is InChI=1S/C24H21Cl3FN3O/c25-17-9-16(10-18(26)11-17)24(14-28)6-8-31(15-24)20-4-5-21(22(27)12-20)23(32)30-13-19-3-1-2-7-29-19/h1-5,7,9-12H,6,8,13-15H2,(H,30,32). The van der Waals surface area contributed by atoms with E-state index >= 15 is 0 Å². The van der Waals surface area contributed by atoms with Crippen molar-refractivity contribution in [3.8, 4) is 0 Å². The summed E-state index contributed by atoms with van der Waals surface area (Å²) in [5.41, 5.74) is 2.06. The molecule has 1 saturated heterocycles. The van der Waals surface area contributed by atoms with Gasteiger partial charge in [0, 0.05) is 40.4 Å². The van der Waals surface area contributed by atoms with Crippen LogP contribution >= 0.6 is 34.8 Å². The number of pyridine rings is 1. The average Bonchev–Trinajstić information content (AvgIpc) is 3.23. The highest BCUT2D eigenvalue weighted by molar-refractivity contribution is 6.35. The van der Waals surface area contributed by atoms with Crippen molar-refractivity contribution >= 4 is 46.4 Å². The number of anilines is 1. The third kappa shape index (κ3) is 4.85. The van der Waals surface area contributed by atoms with Gasteiger partial charge in [0.25, 0.3) is 5.91 Å². The van der Waals surface area contributed by atoms with Crippen molar-refractivity contribution < 1.29 is 9.18 Å². The topological polar surface area (TPSA) is 45.2 Å². The van der Waals surface area contributed by atoms with E-state index in [9.17, 15) is 9.18 Å². The summed E-state index contributed by atoms with van der Waals surface area (Å²) in [6, 6.07) is 16.0. The van der Waals surface area contributed by atoms with Crippen molar-refractivity contribution in [2.24, 2.45) is 0 Å². The van der Waals surface area contributed by atoms with Gasteiger partial charge < -0.3 is 10.2 Å². The molecule has 1 unspecified atom stereocenters. The van der Waals surface area contributed by atoms with Gasteiger partial charge in [-0.2, -0.15) is 0 Å². The maximum absolute atomic E-state index is 14.3. The van der Waals surface area contributed by atoms with E-state index in [-0.39, 0.29) is 5.91 Å². The van der Waals surface area contributed by atoms with Crippen LogP contribution in [0.1, 0.15) is 28.0 Å². The van der Waals surface area contributed by atoms with E-state index in [1.54, 1.807) is 36.5 Å². The summed E-state index contributed by atoms with van der Waals surface area (Å²) in [4.78, 5) is 18.8. The van der Waals surface area contributed by atoms with Crippen LogP contribution in [0, 0.1) is 0 Å². The number of hydrogen-bond donors (Lipinski definition) is 1. The minimum absolute atomic E-state index is 0.278. The molecule has 1 aliphatic rings. The van der Waals surface area contributed by atoms with Gasteiger partial charge in [0.2, 0.25) is 0 Å². The van der Waals surface area contributed by atoms with Crippen LogP contribution in [-0.4, -0.2) is 30.7 Å². The number of nitrogens with zero attached hydrogens (tertiary/aromatic N) is 2. The molecule has 4 nitrogen and oxygen atoms in total. The number of aromatic nitrogens is 1. The van der Waals surface area contributed by atoms with E-state index in [1.807, 2.05) is 24.3 Å². The molecule has 1 amide bonds. The lowest BCUT2D eigenvalue weighted by atomic mass is 9.81. The number of amides is 1. The molecule has 4 rings (SSSR count). The highest BCUT2D eigenvalue weighted by atomic mass is 35.5. The Morgan fingerprint density at radius 3 is 2.53 bits per heavy atom. The van der Waals surface area contributed by atoms with Gasteiger partial charge in [-0.3, -0.25) is 14.2 Å². The molecule has 1 N–H and O–H groups in total. The van der Waals surface area contributed by atoms with Crippen LogP contribution in [0.25, 0.3) is 0 Å². The molecule has 0 spiro atoms. The van der Waals surface area contributed by atoms with Crippen molar-refractivity contribution in [3.05, 3.63) is 92.7 Å². The van der Waals surface area contributed by atoms with Gasteiger partial charge in [0.15, 0.2) is 0 Å². The number of alkyl halides is 1. The zero-order valence-corrected chi connectivity index (χ0v) is 19.4. The van der Waals surface area contributed by atoms with Crippen molar-refractivity contribution in [3.63, 3.8) is 0 Å². The predicted molar refractivity (Wildman–Crippen MR) is 128 cm³/mol. The van der Waals surface area contributed by atoms with E-state index in [4.69, 9.17) is 34.8 Å². The van der Waals surface area contributed by atoms with E-state index in [2.05, 4.69) is 15.2 Å². The fourth-order valence-corrected chi connectivity index (χ4v) is 4.81. The Labute approximate surface area is 201 Å². The van der Waals surface area contributed by atoms with Gasteiger partial charge in [-0.15, -0.1) is 0 Å². The van der Waals surface area contributed by atoms with E-state index in [0.29, 0.717) is 46.7 Å². The Morgan fingerprint density at radius 1 is 1.09 bits per heavy atom. The molecule has 1 fully saturated rings. The minimum atomic E-state index is -0.695. The first-order valence-corrected chi connectivity index (χ1v) is 11.3. The van der Waals surface area contributed by atoms with Gasteiger partial charge in [0.1, 0.15) is 6.67 Å². The zero-order chi connectivity index (χ0) is 22.7. The first-order valence-electron chi connectivity index (χ1n) is 10.2. The molecule has 8 heteroatoms. The zero-order valence-electron chi connectivity index (χ0n) is 17.1. The number of carbonyl (C=O) groups is 1. The van der Waals surface area contributed by atoms with Gasteiger partial charge in [-0.05, 0) is 60.5 Å². The van der Waals surface area contributed by atoms with Crippen LogP contribution in [0.15, 0.2) is 60.8 Å². The summed E-state index contributed by atoms with van der Waals surface area (Å²) < 4.78 is 14.3. The molecule has 1 aliphatic heterocycles. The fourth-order valence-electron chi connectivity index (χ4n) is 4.03. The Hall–Kier alpha value is -2.34. The van der Waals surface area contributed by atoms with Crippen molar-refractivity contribution in [2.45, 2.75) is 18.4 Å². The highest BCUT2D eigenvalue weighted by Gasteiger charge is 2.40. The summed E-state index contributed by atoms with van der Waals surface area (Å²) in [6.45, 7) is 0.893. The maximum Gasteiger partial charge on any atom is 0.253 e. The van der Waals surface area contributed by atoms with Gasteiger partial charge >= 0.3 is 0 Å². The van der Waals surface area contributed by atoms with E-state index in [1.165, 1.54) is 0 Å². The predicted octanol–water partition coefficient (Wildman–Crippen LogP) is 6.09. The molecule has 0 bridgehead atoms. The normalized spacial score (nSPS) is 18.1. The van der Waals surface area contributed by atoms with E-state index in [0.717, 1.165) is 16.9 Å². The van der Waals surface area contributed by atoms with Crippen molar-refractivity contribution in [1.82, 2.24) is 10.3 Å². The Morgan fingerprint density at radius 2 is 1.88 bits per heavy atom. The first-order chi connectivity index (χ1) is 15.4. The lowest BCUT2D eigenvalue weighted by Crippen LogP contribution is -2.33. The number of benzene rings is 2. The molecule has 32 heavy (non-hydrogen) atoms. The molecule has 0 radical (unpaired) electrons. The minimum Gasteiger partial charge on any atom is -0.370 e. The Bertz CT molecular complexity index is 1110. The maximum atomic E-state index is 14.3. The SMILES string of the molecule is O=C(NCc1ccccn1)c1ccc(N2CCC(CF)(c3cc(Cl)cc(Cl)c3)C2)cc1Cl. The largest absolute Gasteiger partial charge is 0.370 e. The van der Waals surface area contributed by atoms with Crippen LogP contribution < -0.4 is 10.2 Å². The highest BCUT2D eigenvalue weighted by Crippen LogP contribution is 2.40. The van der Waals surface area contributed by atoms with Gasteiger partial charge in [-0.1, -0.05) is 40.9 Å². The average molecular weight is 493 g/mol. The molecule has 2 aromatic carbocycles. The third-order valence-electron chi connectivity index (χ3n) is 5.80. The molecule has 2 heterocycles. The summed E-state index contributed by atoms with van der Waals surface area (Å²) in [5, 5.41) is 4.14. The number of hydrogen-bond acceptors (Lipinski definition) is 3. The summed E-state index contributed by atoms with van der Waals surface area (Å²) >= 11 is 18.7. The lowest BCUT2D eigenvalue weighted by Gasteiger charge is -2.28. The second kappa shape index (κ2) is 9.65. The third-order valence-corrected chi connectivity index (χ3v) is 6.55. The second-order valence-electron chi connectivity index (χ2n) is 7.91. The van der Waals surface area contributed by atoms with Crippen LogP contribution in [-0.2, 0) is 12.0 Å². The molecule has 3 aromatic rings. The van der Waals surface area contributed by atoms with Gasteiger partial charge in [0.05, 0.1) is 22.8 Å². The van der Waals surface area contributed by atoms with Crippen molar-refractivity contribution in [2.75, 3.05) is 24.7 Å². The van der Waals surface area contributed by atoms with Crippen LogP contribution in [0.5, 0.6) is 0 Å². The molecule has 0 saturated carbocycles. The summed E-state index contributed by atoms with van der Waals surface area (Å²) in [7, 11) is 0. The summed E-state index contributed by atoms with van der Waals surface area (Å²) in [5.74, 6) is -0.278. The van der Waals surface area contributed by atoms with Gasteiger partial charge in [-0.25, -0.2) is 0 Å². The van der Waals surface area contributed by atoms with Crippen LogP contribution in [0.2, 0.25) is 15.1 Å². The number of rotatable bonds is 6.